The normalized spacial score (nSPS) is 22.7. The maximum atomic E-state index is 12.3. The van der Waals surface area contributed by atoms with Gasteiger partial charge in [-0.25, -0.2) is 8.42 Å². The van der Waals surface area contributed by atoms with Crippen LogP contribution in [0.2, 0.25) is 0 Å². The Morgan fingerprint density at radius 3 is 2.54 bits per heavy atom. The van der Waals surface area contributed by atoms with Crippen LogP contribution in [-0.4, -0.2) is 79.2 Å². The van der Waals surface area contributed by atoms with Gasteiger partial charge in [-0.15, -0.1) is 0 Å². The molecule has 1 aromatic heterocycles. The molecule has 7 nitrogen and oxygen atoms in total. The molecular formula is C18H32N4O3S. The lowest BCUT2D eigenvalue weighted by Crippen LogP contribution is -2.42. The van der Waals surface area contributed by atoms with Gasteiger partial charge in [-0.3, -0.25) is 4.90 Å². The van der Waals surface area contributed by atoms with Crippen LogP contribution < -0.4 is 0 Å². The summed E-state index contributed by atoms with van der Waals surface area (Å²) in [5.74, 6) is 0.858. The summed E-state index contributed by atoms with van der Waals surface area (Å²) in [6.45, 7) is 10.3. The SMILES string of the molecule is Cc1noc(C)c1CN1CCC(N(CCCN2CCCC2)S(C)(=O)=O)C1. The number of sulfonamides is 1. The molecule has 26 heavy (non-hydrogen) atoms. The van der Waals surface area contributed by atoms with Gasteiger partial charge in [-0.1, -0.05) is 5.16 Å². The van der Waals surface area contributed by atoms with Crippen LogP contribution in [0.15, 0.2) is 4.52 Å². The number of hydrogen-bond acceptors (Lipinski definition) is 6. The Balaban J connectivity index is 1.55. The van der Waals surface area contributed by atoms with Crippen molar-refractivity contribution in [2.75, 3.05) is 45.5 Å². The fourth-order valence-electron chi connectivity index (χ4n) is 4.22. The van der Waals surface area contributed by atoms with Crippen LogP contribution >= 0.6 is 0 Å². The average Bonchev–Trinajstić information content (AvgIpc) is 3.29. The first-order valence-electron chi connectivity index (χ1n) is 9.68. The van der Waals surface area contributed by atoms with E-state index >= 15 is 0 Å². The second kappa shape index (κ2) is 8.37. The first kappa shape index (κ1) is 19.8. The number of nitrogens with zero attached hydrogens (tertiary/aromatic N) is 4. The number of likely N-dealkylation sites (tertiary alicyclic amines) is 2. The highest BCUT2D eigenvalue weighted by Crippen LogP contribution is 2.23. The lowest BCUT2D eigenvalue weighted by atomic mass is 10.2. The van der Waals surface area contributed by atoms with E-state index in [0.29, 0.717) is 6.54 Å². The molecule has 148 valence electrons. The van der Waals surface area contributed by atoms with E-state index in [1.165, 1.54) is 19.1 Å². The first-order chi connectivity index (χ1) is 12.3. The van der Waals surface area contributed by atoms with E-state index in [1.807, 2.05) is 13.8 Å². The van der Waals surface area contributed by atoms with Crippen molar-refractivity contribution in [3.63, 3.8) is 0 Å². The molecule has 2 saturated heterocycles. The Morgan fingerprint density at radius 2 is 1.92 bits per heavy atom. The molecule has 2 aliphatic heterocycles. The molecule has 1 unspecified atom stereocenters. The van der Waals surface area contributed by atoms with Crippen molar-refractivity contribution >= 4 is 10.0 Å². The Morgan fingerprint density at radius 1 is 1.19 bits per heavy atom. The van der Waals surface area contributed by atoms with Crippen molar-refractivity contribution in [2.45, 2.75) is 52.1 Å². The van der Waals surface area contributed by atoms with E-state index in [-0.39, 0.29) is 6.04 Å². The van der Waals surface area contributed by atoms with Crippen molar-refractivity contribution in [1.29, 1.82) is 0 Å². The third-order valence-corrected chi connectivity index (χ3v) is 7.03. The summed E-state index contributed by atoms with van der Waals surface area (Å²) in [5, 5.41) is 4.02. The van der Waals surface area contributed by atoms with Crippen molar-refractivity contribution in [3.05, 3.63) is 17.0 Å². The zero-order valence-electron chi connectivity index (χ0n) is 16.3. The number of aromatic nitrogens is 1. The Hall–Kier alpha value is -0.960. The largest absolute Gasteiger partial charge is 0.361 e. The highest BCUT2D eigenvalue weighted by atomic mass is 32.2. The van der Waals surface area contributed by atoms with Crippen LogP contribution in [0, 0.1) is 13.8 Å². The van der Waals surface area contributed by atoms with Crippen LogP contribution in [0.3, 0.4) is 0 Å². The third kappa shape index (κ3) is 4.85. The summed E-state index contributed by atoms with van der Waals surface area (Å²) in [5.41, 5.74) is 2.06. The fraction of sp³-hybridized carbons (Fsp3) is 0.833. The first-order valence-corrected chi connectivity index (χ1v) is 11.5. The molecule has 2 aliphatic rings. The van der Waals surface area contributed by atoms with Crippen LogP contribution in [0.25, 0.3) is 0 Å². The molecule has 1 aromatic rings. The molecule has 0 aliphatic carbocycles. The van der Waals surface area contributed by atoms with Gasteiger partial charge in [0.05, 0.1) is 11.9 Å². The average molecular weight is 385 g/mol. The molecule has 8 heteroatoms. The molecule has 0 spiro atoms. The Labute approximate surface area is 157 Å². The number of hydrogen-bond donors (Lipinski definition) is 0. The van der Waals surface area contributed by atoms with Crippen LogP contribution in [-0.2, 0) is 16.6 Å². The van der Waals surface area contributed by atoms with Gasteiger partial charge in [0.1, 0.15) is 5.76 Å². The number of aryl methyl sites for hydroxylation is 2. The van der Waals surface area contributed by atoms with Gasteiger partial charge in [-0.2, -0.15) is 4.31 Å². The zero-order chi connectivity index (χ0) is 18.7. The maximum Gasteiger partial charge on any atom is 0.211 e. The van der Waals surface area contributed by atoms with Gasteiger partial charge >= 0.3 is 0 Å². The predicted molar refractivity (Wildman–Crippen MR) is 101 cm³/mol. The van der Waals surface area contributed by atoms with Gasteiger partial charge in [0.15, 0.2) is 0 Å². The molecule has 3 rings (SSSR count). The summed E-state index contributed by atoms with van der Waals surface area (Å²) in [6, 6.07) is 0.0732. The molecular weight excluding hydrogens is 352 g/mol. The molecule has 0 bridgehead atoms. The molecule has 0 saturated carbocycles. The monoisotopic (exact) mass is 384 g/mol. The molecule has 2 fully saturated rings. The van der Waals surface area contributed by atoms with Crippen LogP contribution in [0.4, 0.5) is 0 Å². The van der Waals surface area contributed by atoms with E-state index in [1.54, 1.807) is 4.31 Å². The highest BCUT2D eigenvalue weighted by molar-refractivity contribution is 7.88. The lowest BCUT2D eigenvalue weighted by molar-refractivity contribution is 0.262. The second-order valence-corrected chi connectivity index (χ2v) is 9.69. The summed E-state index contributed by atoms with van der Waals surface area (Å²) in [7, 11) is -3.19. The van der Waals surface area contributed by atoms with E-state index < -0.39 is 10.0 Å². The smallest absolute Gasteiger partial charge is 0.211 e. The topological polar surface area (TPSA) is 69.9 Å². The quantitative estimate of drug-likeness (QED) is 0.678. The summed E-state index contributed by atoms with van der Waals surface area (Å²) in [6.07, 6.45) is 5.69. The standard InChI is InChI=1S/C18H32N4O3S/c1-15-18(16(2)25-19-15)14-21-12-7-17(13-21)22(26(3,23)24)11-6-10-20-8-4-5-9-20/h17H,4-14H2,1-3H3. The molecule has 0 radical (unpaired) electrons. The van der Waals surface area contributed by atoms with Gasteiger partial charge in [0.25, 0.3) is 0 Å². The molecule has 0 aromatic carbocycles. The zero-order valence-corrected chi connectivity index (χ0v) is 17.1. The van der Waals surface area contributed by atoms with E-state index in [4.69, 9.17) is 4.52 Å². The van der Waals surface area contributed by atoms with Gasteiger partial charge in [0, 0.05) is 37.8 Å². The Bertz CT molecular complexity index is 678. The fourth-order valence-corrected chi connectivity index (χ4v) is 5.39. The van der Waals surface area contributed by atoms with Crippen LogP contribution in [0.5, 0.6) is 0 Å². The van der Waals surface area contributed by atoms with Crippen molar-refractivity contribution in [2.24, 2.45) is 0 Å². The van der Waals surface area contributed by atoms with Crippen molar-refractivity contribution in [1.82, 2.24) is 19.3 Å². The van der Waals surface area contributed by atoms with E-state index in [9.17, 15) is 8.42 Å². The van der Waals surface area contributed by atoms with E-state index in [2.05, 4.69) is 15.0 Å². The number of rotatable bonds is 8. The van der Waals surface area contributed by atoms with E-state index in [0.717, 1.165) is 69.1 Å². The Kier molecular flexibility index (Phi) is 6.37. The lowest BCUT2D eigenvalue weighted by Gasteiger charge is -2.27. The molecule has 1 atom stereocenters. The second-order valence-electron chi connectivity index (χ2n) is 7.76. The summed E-state index contributed by atoms with van der Waals surface area (Å²) >= 11 is 0. The van der Waals surface area contributed by atoms with Gasteiger partial charge in [0.2, 0.25) is 10.0 Å². The molecule has 0 N–H and O–H groups in total. The van der Waals surface area contributed by atoms with Crippen molar-refractivity contribution in [3.8, 4) is 0 Å². The molecule has 0 amide bonds. The third-order valence-electron chi connectivity index (χ3n) is 5.70. The minimum atomic E-state index is -3.19. The summed E-state index contributed by atoms with van der Waals surface area (Å²) in [4.78, 5) is 4.76. The van der Waals surface area contributed by atoms with Gasteiger partial charge in [-0.05, 0) is 59.2 Å². The maximum absolute atomic E-state index is 12.3. The minimum absolute atomic E-state index is 0.0732. The van der Waals surface area contributed by atoms with Crippen molar-refractivity contribution < 1.29 is 12.9 Å². The predicted octanol–water partition coefficient (Wildman–Crippen LogP) is 1.61. The van der Waals surface area contributed by atoms with Crippen LogP contribution in [0.1, 0.15) is 42.7 Å². The molecule has 3 heterocycles. The minimum Gasteiger partial charge on any atom is -0.361 e. The van der Waals surface area contributed by atoms with Gasteiger partial charge < -0.3 is 9.42 Å². The summed E-state index contributed by atoms with van der Waals surface area (Å²) < 4.78 is 31.7. The highest BCUT2D eigenvalue weighted by Gasteiger charge is 2.33.